The van der Waals surface area contributed by atoms with Crippen molar-refractivity contribution in [2.75, 3.05) is 9.96 Å². The molecule has 7 heteroatoms. The lowest BCUT2D eigenvalue weighted by molar-refractivity contribution is -0.255. The van der Waals surface area contributed by atoms with Crippen LogP contribution in [-0.2, 0) is 14.4 Å². The summed E-state index contributed by atoms with van der Waals surface area (Å²) in [6.45, 7) is 0. The van der Waals surface area contributed by atoms with E-state index in [1.54, 1.807) is 72.8 Å². The molecule has 0 bridgehead atoms. The summed E-state index contributed by atoms with van der Waals surface area (Å²) in [5.41, 5.74) is 1.38. The molecule has 3 aromatic carbocycles. The lowest BCUT2D eigenvalue weighted by atomic mass is 9.88. The minimum absolute atomic E-state index is 0.0453. The Labute approximate surface area is 178 Å². The number of anilines is 2. The standard InChI is InChI=1S/C24H18N2O5/c27-22-19-20(17-13-7-8-14-18(17)24(29)30)26(16-11-5-2-6-12-16)31-21(19)23(28)25(22)15-9-3-1-4-10-15/h1-14,19-21H,(H,29,30)/p-1/t19-,20+,21+/m0/s1. The van der Waals surface area contributed by atoms with E-state index in [0.29, 0.717) is 16.9 Å². The lowest BCUT2D eigenvalue weighted by Crippen LogP contribution is -2.38. The van der Waals surface area contributed by atoms with E-state index in [1.807, 2.05) is 6.07 Å². The van der Waals surface area contributed by atoms with Crippen molar-refractivity contribution in [3.05, 3.63) is 96.1 Å². The largest absolute Gasteiger partial charge is 0.545 e. The van der Waals surface area contributed by atoms with E-state index in [4.69, 9.17) is 4.84 Å². The van der Waals surface area contributed by atoms with Crippen molar-refractivity contribution in [3.63, 3.8) is 0 Å². The summed E-state index contributed by atoms with van der Waals surface area (Å²) in [5.74, 6) is -3.18. The van der Waals surface area contributed by atoms with Crippen LogP contribution in [0, 0.1) is 5.92 Å². The molecular formula is C24H17N2O5-. The molecule has 0 radical (unpaired) electrons. The predicted molar refractivity (Wildman–Crippen MR) is 110 cm³/mol. The number of nitrogens with zero attached hydrogens (tertiary/aromatic N) is 2. The van der Waals surface area contributed by atoms with Gasteiger partial charge < -0.3 is 9.90 Å². The fourth-order valence-electron chi connectivity index (χ4n) is 4.30. The van der Waals surface area contributed by atoms with Crippen LogP contribution in [0.2, 0.25) is 0 Å². The first-order valence-electron chi connectivity index (χ1n) is 9.82. The third-order valence-corrected chi connectivity index (χ3v) is 5.64. The normalized spacial score (nSPS) is 22.6. The van der Waals surface area contributed by atoms with Crippen LogP contribution in [0.1, 0.15) is 22.0 Å². The molecule has 7 nitrogen and oxygen atoms in total. The number of aromatic carboxylic acids is 1. The number of rotatable bonds is 4. The summed E-state index contributed by atoms with van der Waals surface area (Å²) in [7, 11) is 0. The van der Waals surface area contributed by atoms with Gasteiger partial charge in [-0.25, -0.2) is 9.96 Å². The van der Waals surface area contributed by atoms with Gasteiger partial charge in [-0.2, -0.15) is 0 Å². The molecule has 3 aromatic rings. The Morgan fingerprint density at radius 3 is 2.00 bits per heavy atom. The van der Waals surface area contributed by atoms with Crippen LogP contribution in [0.15, 0.2) is 84.9 Å². The molecule has 0 spiro atoms. The minimum atomic E-state index is -1.36. The number of imide groups is 1. The summed E-state index contributed by atoms with van der Waals surface area (Å²) < 4.78 is 0. The molecule has 154 valence electrons. The molecule has 2 saturated heterocycles. The van der Waals surface area contributed by atoms with Crippen molar-refractivity contribution in [2.45, 2.75) is 12.1 Å². The number of benzene rings is 3. The third kappa shape index (κ3) is 2.98. The van der Waals surface area contributed by atoms with Crippen molar-refractivity contribution in [1.82, 2.24) is 0 Å². The number of carboxylic acids is 1. The quantitative estimate of drug-likeness (QED) is 0.609. The molecule has 0 unspecified atom stereocenters. The number of hydroxylamine groups is 1. The maximum absolute atomic E-state index is 13.5. The van der Waals surface area contributed by atoms with Gasteiger partial charge in [0, 0.05) is 5.56 Å². The number of hydrogen-bond acceptors (Lipinski definition) is 6. The topological polar surface area (TPSA) is 90.0 Å². The smallest absolute Gasteiger partial charge is 0.266 e. The summed E-state index contributed by atoms with van der Waals surface area (Å²) in [6.07, 6.45) is -1.06. The minimum Gasteiger partial charge on any atom is -0.545 e. The van der Waals surface area contributed by atoms with Crippen molar-refractivity contribution in [3.8, 4) is 0 Å². The number of para-hydroxylation sites is 2. The molecule has 31 heavy (non-hydrogen) atoms. The number of fused-ring (bicyclic) bond motifs is 1. The summed E-state index contributed by atoms with van der Waals surface area (Å²) in [5, 5.41) is 13.3. The third-order valence-electron chi connectivity index (χ3n) is 5.64. The highest BCUT2D eigenvalue weighted by Gasteiger charge is 2.60. The first-order valence-corrected chi connectivity index (χ1v) is 9.82. The Kier molecular flexibility index (Phi) is 4.52. The molecule has 0 aromatic heterocycles. The molecule has 0 N–H and O–H groups in total. The highest BCUT2D eigenvalue weighted by molar-refractivity contribution is 6.24. The van der Waals surface area contributed by atoms with E-state index in [-0.39, 0.29) is 5.56 Å². The van der Waals surface area contributed by atoms with Crippen molar-refractivity contribution >= 4 is 29.2 Å². The molecule has 5 rings (SSSR count). The van der Waals surface area contributed by atoms with Crippen LogP contribution in [0.4, 0.5) is 11.4 Å². The van der Waals surface area contributed by atoms with E-state index in [2.05, 4.69) is 0 Å². The van der Waals surface area contributed by atoms with Crippen LogP contribution >= 0.6 is 0 Å². The van der Waals surface area contributed by atoms with E-state index in [9.17, 15) is 19.5 Å². The van der Waals surface area contributed by atoms with Gasteiger partial charge in [0.25, 0.3) is 5.91 Å². The average Bonchev–Trinajstić information content (AvgIpc) is 3.31. The van der Waals surface area contributed by atoms with Gasteiger partial charge in [0.05, 0.1) is 23.4 Å². The van der Waals surface area contributed by atoms with Crippen LogP contribution in [0.3, 0.4) is 0 Å². The first kappa shape index (κ1) is 19.0. The van der Waals surface area contributed by atoms with Crippen LogP contribution in [-0.4, -0.2) is 23.9 Å². The Morgan fingerprint density at radius 1 is 0.774 bits per heavy atom. The maximum Gasteiger partial charge on any atom is 0.266 e. The zero-order valence-corrected chi connectivity index (χ0v) is 16.3. The monoisotopic (exact) mass is 413 g/mol. The molecular weight excluding hydrogens is 396 g/mol. The average molecular weight is 413 g/mol. The van der Waals surface area contributed by atoms with E-state index >= 15 is 0 Å². The molecule has 3 atom stereocenters. The van der Waals surface area contributed by atoms with Gasteiger partial charge in [0.1, 0.15) is 5.92 Å². The molecule has 2 aliphatic rings. The maximum atomic E-state index is 13.5. The fourth-order valence-corrected chi connectivity index (χ4v) is 4.30. The zero-order valence-electron chi connectivity index (χ0n) is 16.3. The second-order valence-electron chi connectivity index (χ2n) is 7.38. The van der Waals surface area contributed by atoms with Gasteiger partial charge in [0.2, 0.25) is 5.91 Å². The lowest BCUT2D eigenvalue weighted by Gasteiger charge is -2.30. The van der Waals surface area contributed by atoms with Crippen LogP contribution in [0.5, 0.6) is 0 Å². The number of carboxylic acid groups (broad SMARTS) is 1. The first-order chi connectivity index (χ1) is 15.1. The van der Waals surface area contributed by atoms with Crippen molar-refractivity contribution < 1.29 is 24.3 Å². The summed E-state index contributed by atoms with van der Waals surface area (Å²) in [6, 6.07) is 23.1. The molecule has 2 fully saturated rings. The highest BCUT2D eigenvalue weighted by atomic mass is 16.7. The number of hydrogen-bond donors (Lipinski definition) is 0. The second-order valence-corrected chi connectivity index (χ2v) is 7.38. The highest BCUT2D eigenvalue weighted by Crippen LogP contribution is 2.48. The Morgan fingerprint density at radius 2 is 1.35 bits per heavy atom. The molecule has 2 aliphatic heterocycles. The van der Waals surface area contributed by atoms with Gasteiger partial charge in [-0.05, 0) is 29.8 Å². The van der Waals surface area contributed by atoms with Gasteiger partial charge in [-0.1, -0.05) is 60.7 Å². The zero-order chi connectivity index (χ0) is 21.5. The number of carbonyl (C=O) groups excluding carboxylic acids is 3. The molecule has 0 saturated carbocycles. The molecule has 0 aliphatic carbocycles. The number of carbonyl (C=O) groups is 3. The summed E-state index contributed by atoms with van der Waals surface area (Å²) in [4.78, 5) is 45.6. The van der Waals surface area contributed by atoms with Crippen LogP contribution in [0.25, 0.3) is 0 Å². The predicted octanol–water partition coefficient (Wildman–Crippen LogP) is 2.10. The van der Waals surface area contributed by atoms with Crippen molar-refractivity contribution in [1.29, 1.82) is 0 Å². The Balaban J connectivity index is 1.64. The summed E-state index contributed by atoms with van der Waals surface area (Å²) >= 11 is 0. The van der Waals surface area contributed by atoms with Gasteiger partial charge in [-0.15, -0.1) is 0 Å². The fraction of sp³-hybridized carbons (Fsp3) is 0.125. The number of amides is 2. The van der Waals surface area contributed by atoms with E-state index in [0.717, 1.165) is 4.90 Å². The van der Waals surface area contributed by atoms with Gasteiger partial charge in [0.15, 0.2) is 6.10 Å². The SMILES string of the molecule is O=C([O-])c1ccccc1[C@@H]1[C@@H]2C(=O)N(c3ccccc3)C(=O)[C@@H]2ON1c1ccccc1. The van der Waals surface area contributed by atoms with Crippen molar-refractivity contribution in [2.24, 2.45) is 5.92 Å². The molecule has 2 amide bonds. The Bertz CT molecular complexity index is 1160. The molecule has 2 heterocycles. The van der Waals surface area contributed by atoms with E-state index < -0.39 is 35.8 Å². The van der Waals surface area contributed by atoms with Crippen LogP contribution < -0.4 is 15.1 Å². The van der Waals surface area contributed by atoms with Gasteiger partial charge in [-0.3, -0.25) is 14.4 Å². The second kappa shape index (κ2) is 7.37. The Hall–Kier alpha value is -3.97. The van der Waals surface area contributed by atoms with E-state index in [1.165, 1.54) is 11.1 Å². The van der Waals surface area contributed by atoms with Gasteiger partial charge >= 0.3 is 0 Å².